The minimum absolute atomic E-state index is 0.128. The first-order chi connectivity index (χ1) is 19.6. The van der Waals surface area contributed by atoms with Gasteiger partial charge in [0.05, 0.1) is 0 Å². The summed E-state index contributed by atoms with van der Waals surface area (Å²) >= 11 is 0. The van der Waals surface area contributed by atoms with E-state index in [1.807, 2.05) is 13.8 Å². The molecule has 0 aromatic carbocycles. The van der Waals surface area contributed by atoms with Gasteiger partial charge in [-0.15, -0.1) is 0 Å². The van der Waals surface area contributed by atoms with Gasteiger partial charge in [-0.25, -0.2) is 0 Å². The SMILES string of the molecule is CC(C=CC=CC(C)=C/C=C/C(C)=C/C=C1\C(C)=CC(=O)CC1(C)C)=CC=CC(C)=CC=C1C(C)=CC(=O)CC1(C)C. The zero-order valence-electron chi connectivity index (χ0n) is 27.5. The Morgan fingerprint density at radius 2 is 0.857 bits per heavy atom. The molecule has 0 heterocycles. The van der Waals surface area contributed by atoms with E-state index in [1.54, 1.807) is 12.2 Å². The highest BCUT2D eigenvalue weighted by Gasteiger charge is 2.31. The number of ketones is 2. The molecular formula is C40H50O2. The smallest absolute Gasteiger partial charge is 0.156 e. The maximum absolute atomic E-state index is 11.9. The summed E-state index contributed by atoms with van der Waals surface area (Å²) in [5.74, 6) is 0.421. The Balaban J connectivity index is 1.93. The molecule has 2 nitrogen and oxygen atoms in total. The summed E-state index contributed by atoms with van der Waals surface area (Å²) in [6, 6.07) is 0. The van der Waals surface area contributed by atoms with Gasteiger partial charge in [0, 0.05) is 12.8 Å². The molecule has 0 aromatic heterocycles. The van der Waals surface area contributed by atoms with Crippen LogP contribution in [0.4, 0.5) is 0 Å². The molecule has 0 unspecified atom stereocenters. The molecule has 0 amide bonds. The third-order valence-electron chi connectivity index (χ3n) is 7.59. The van der Waals surface area contributed by atoms with Crippen molar-refractivity contribution in [2.24, 2.45) is 10.8 Å². The van der Waals surface area contributed by atoms with Gasteiger partial charge in [0.2, 0.25) is 0 Å². The van der Waals surface area contributed by atoms with Crippen LogP contribution >= 0.6 is 0 Å². The molecule has 0 saturated carbocycles. The van der Waals surface area contributed by atoms with Gasteiger partial charge >= 0.3 is 0 Å². The van der Waals surface area contributed by atoms with E-state index in [0.29, 0.717) is 12.8 Å². The van der Waals surface area contributed by atoms with Crippen LogP contribution in [-0.2, 0) is 9.59 Å². The van der Waals surface area contributed by atoms with Gasteiger partial charge in [-0.1, -0.05) is 135 Å². The van der Waals surface area contributed by atoms with Crippen LogP contribution in [0.2, 0.25) is 0 Å². The summed E-state index contributed by atoms with van der Waals surface area (Å²) in [7, 11) is 0. The summed E-state index contributed by atoms with van der Waals surface area (Å²) in [5, 5.41) is 0. The first-order valence-electron chi connectivity index (χ1n) is 14.9. The first-order valence-corrected chi connectivity index (χ1v) is 14.9. The molecule has 0 saturated heterocycles. The molecule has 0 fully saturated rings. The van der Waals surface area contributed by atoms with E-state index in [-0.39, 0.29) is 22.4 Å². The largest absolute Gasteiger partial charge is 0.295 e. The molecule has 2 aliphatic carbocycles. The highest BCUT2D eigenvalue weighted by Crippen LogP contribution is 2.40. The molecule has 0 bridgehead atoms. The van der Waals surface area contributed by atoms with Crippen molar-refractivity contribution in [3.63, 3.8) is 0 Å². The lowest BCUT2D eigenvalue weighted by atomic mass is 9.72. The van der Waals surface area contributed by atoms with Crippen LogP contribution in [-0.4, -0.2) is 11.6 Å². The lowest BCUT2D eigenvalue weighted by Crippen LogP contribution is -2.24. The van der Waals surface area contributed by atoms with Crippen LogP contribution in [0, 0.1) is 10.8 Å². The predicted octanol–water partition coefficient (Wildman–Crippen LogP) is 10.7. The molecular weight excluding hydrogens is 512 g/mol. The quantitative estimate of drug-likeness (QED) is 0.262. The monoisotopic (exact) mass is 562 g/mol. The second-order valence-corrected chi connectivity index (χ2v) is 12.9. The highest BCUT2D eigenvalue weighted by molar-refractivity contribution is 5.94. The Morgan fingerprint density at radius 3 is 1.19 bits per heavy atom. The van der Waals surface area contributed by atoms with Gasteiger partial charge in [-0.2, -0.15) is 0 Å². The molecule has 0 aromatic rings. The Labute approximate surface area is 255 Å². The zero-order valence-corrected chi connectivity index (χ0v) is 27.5. The van der Waals surface area contributed by atoms with Crippen LogP contribution in [0.5, 0.6) is 0 Å². The molecule has 0 aliphatic heterocycles. The van der Waals surface area contributed by atoms with Crippen LogP contribution < -0.4 is 0 Å². The average Bonchev–Trinajstić information content (AvgIpc) is 2.84. The normalized spacial score (nSPS) is 22.9. The number of rotatable bonds is 9. The van der Waals surface area contributed by atoms with Gasteiger partial charge in [-0.05, 0) is 86.8 Å². The van der Waals surface area contributed by atoms with Gasteiger partial charge in [-0.3, -0.25) is 9.59 Å². The third-order valence-corrected chi connectivity index (χ3v) is 7.59. The number of carbonyl (C=O) groups excluding carboxylic acids is 2. The molecule has 0 spiro atoms. The Morgan fingerprint density at radius 1 is 0.548 bits per heavy atom. The maximum atomic E-state index is 11.9. The summed E-state index contributed by atoms with van der Waals surface area (Å²) in [6.45, 7) is 20.9. The fraction of sp³-hybridized carbons (Fsp3) is 0.350. The van der Waals surface area contributed by atoms with Gasteiger partial charge in [0.15, 0.2) is 11.6 Å². The van der Waals surface area contributed by atoms with Crippen molar-refractivity contribution in [2.75, 3.05) is 0 Å². The number of hydrogen-bond donors (Lipinski definition) is 0. The molecule has 42 heavy (non-hydrogen) atoms. The van der Waals surface area contributed by atoms with E-state index in [0.717, 1.165) is 22.3 Å². The molecule has 0 atom stereocenters. The Hall–Kier alpha value is -3.78. The summed E-state index contributed by atoms with van der Waals surface area (Å²) in [4.78, 5) is 23.8. The van der Waals surface area contributed by atoms with E-state index in [4.69, 9.17) is 0 Å². The minimum Gasteiger partial charge on any atom is -0.295 e. The number of hydrogen-bond acceptors (Lipinski definition) is 2. The topological polar surface area (TPSA) is 34.1 Å². The van der Waals surface area contributed by atoms with Gasteiger partial charge in [0.1, 0.15) is 0 Å². The van der Waals surface area contributed by atoms with Gasteiger partial charge < -0.3 is 0 Å². The molecule has 0 N–H and O–H groups in total. The fourth-order valence-electron chi connectivity index (χ4n) is 5.35. The van der Waals surface area contributed by atoms with E-state index in [2.05, 4.69) is 140 Å². The standard InChI is InChI=1S/C40H50O2/c1-29(17-13-19-31(3)21-23-37-33(5)25-35(41)27-39(37,7)8)15-11-12-16-30(2)18-14-20-32(4)22-24-38-34(6)26-36(42)28-40(38,9)10/h11-26H,27-28H2,1-10H3/b15-11?,16-12?,19-13+,20-14?,29-17?,30-18?,31-21+,32-22?,37-23+,38-24?. The van der Waals surface area contributed by atoms with Crippen molar-refractivity contribution in [3.8, 4) is 0 Å². The maximum Gasteiger partial charge on any atom is 0.156 e. The molecule has 2 heteroatoms. The molecule has 2 aliphatic rings. The summed E-state index contributed by atoms with van der Waals surface area (Å²) < 4.78 is 0. The fourth-order valence-corrected chi connectivity index (χ4v) is 5.35. The third kappa shape index (κ3) is 11.2. The van der Waals surface area contributed by atoms with E-state index in [1.165, 1.54) is 22.3 Å². The van der Waals surface area contributed by atoms with Crippen molar-refractivity contribution < 1.29 is 9.59 Å². The first kappa shape index (κ1) is 34.4. The lowest BCUT2D eigenvalue weighted by molar-refractivity contribution is -0.117. The van der Waals surface area contributed by atoms with Crippen molar-refractivity contribution >= 4 is 11.6 Å². The van der Waals surface area contributed by atoms with Crippen molar-refractivity contribution in [1.29, 1.82) is 0 Å². The lowest BCUT2D eigenvalue weighted by Gasteiger charge is -2.31. The van der Waals surface area contributed by atoms with E-state index >= 15 is 0 Å². The van der Waals surface area contributed by atoms with E-state index in [9.17, 15) is 9.59 Å². The molecule has 2 rings (SSSR count). The predicted molar refractivity (Wildman–Crippen MR) is 182 cm³/mol. The van der Waals surface area contributed by atoms with Crippen LogP contribution in [0.3, 0.4) is 0 Å². The Bertz CT molecular complexity index is 1310. The van der Waals surface area contributed by atoms with Crippen LogP contribution in [0.15, 0.2) is 142 Å². The zero-order chi connectivity index (χ0) is 31.5. The van der Waals surface area contributed by atoms with Crippen molar-refractivity contribution in [1.82, 2.24) is 0 Å². The summed E-state index contributed by atoms with van der Waals surface area (Å²) in [5.41, 5.74) is 8.98. The second-order valence-electron chi connectivity index (χ2n) is 12.9. The molecule has 0 radical (unpaired) electrons. The van der Waals surface area contributed by atoms with Crippen molar-refractivity contribution in [3.05, 3.63) is 142 Å². The minimum atomic E-state index is -0.128. The number of allylic oxidation sites excluding steroid dienone is 24. The Kier molecular flexibility index (Phi) is 12.7. The number of carbonyl (C=O) groups is 2. The average molecular weight is 563 g/mol. The van der Waals surface area contributed by atoms with Crippen LogP contribution in [0.1, 0.15) is 82.1 Å². The van der Waals surface area contributed by atoms with Crippen molar-refractivity contribution in [2.45, 2.75) is 82.1 Å². The summed E-state index contributed by atoms with van der Waals surface area (Å²) in [6.07, 6.45) is 34.0. The van der Waals surface area contributed by atoms with Gasteiger partial charge in [0.25, 0.3) is 0 Å². The van der Waals surface area contributed by atoms with Crippen LogP contribution in [0.25, 0.3) is 0 Å². The highest BCUT2D eigenvalue weighted by atomic mass is 16.1. The second kappa shape index (κ2) is 15.4. The molecule has 222 valence electrons. The van der Waals surface area contributed by atoms with E-state index < -0.39 is 0 Å².